The highest BCUT2D eigenvalue weighted by Crippen LogP contribution is 2.32. The summed E-state index contributed by atoms with van der Waals surface area (Å²) >= 11 is 7.37. The summed E-state index contributed by atoms with van der Waals surface area (Å²) < 4.78 is 22.3. The van der Waals surface area contributed by atoms with Gasteiger partial charge in [0.2, 0.25) is 0 Å². The molecule has 1 aliphatic heterocycles. The molecule has 2 N–H and O–H groups in total. The minimum atomic E-state index is -1.12. The fourth-order valence-electron chi connectivity index (χ4n) is 3.03. The molecule has 0 amide bonds. The largest absolute Gasteiger partial charge is 0.369 e. The number of ether oxygens (including phenoxy) is 1. The maximum atomic E-state index is 15.3. The summed E-state index contributed by atoms with van der Waals surface area (Å²) in [7, 11) is 1.45. The van der Waals surface area contributed by atoms with Crippen molar-refractivity contribution < 1.29 is 13.9 Å². The maximum Gasteiger partial charge on any atom is 0.280 e. The Morgan fingerprint density at radius 3 is 2.78 bits per heavy atom. The summed E-state index contributed by atoms with van der Waals surface area (Å²) in [6.07, 6.45) is 1.57. The first-order valence-corrected chi connectivity index (χ1v) is 10.1. The molecule has 6 nitrogen and oxygen atoms in total. The molecule has 3 rings (SSSR count). The number of halogens is 2. The molecule has 0 radical (unpaired) electrons. The van der Waals surface area contributed by atoms with Crippen LogP contribution in [-0.4, -0.2) is 41.5 Å². The molecule has 27 heavy (non-hydrogen) atoms. The van der Waals surface area contributed by atoms with E-state index >= 15 is 4.39 Å². The fourth-order valence-corrected chi connectivity index (χ4v) is 4.06. The van der Waals surface area contributed by atoms with Gasteiger partial charge < -0.3 is 15.4 Å². The third-order valence-electron chi connectivity index (χ3n) is 4.85. The van der Waals surface area contributed by atoms with Crippen molar-refractivity contribution in [2.75, 3.05) is 25.5 Å². The number of aromatic nitrogens is 2. The first kappa shape index (κ1) is 20.3. The highest BCUT2D eigenvalue weighted by molar-refractivity contribution is 7.16. The van der Waals surface area contributed by atoms with Gasteiger partial charge in [0.1, 0.15) is 11.3 Å². The summed E-state index contributed by atoms with van der Waals surface area (Å²) in [5.74, 6) is -0.827. The second-order valence-electron chi connectivity index (χ2n) is 7.06. The Morgan fingerprint density at radius 2 is 2.19 bits per heavy atom. The average Bonchev–Trinajstić information content (AvgIpc) is 3.23. The Morgan fingerprint density at radius 1 is 1.48 bits per heavy atom. The Hall–Kier alpha value is -1.48. The minimum Gasteiger partial charge on any atom is -0.369 e. The lowest BCUT2D eigenvalue weighted by Crippen LogP contribution is -2.39. The van der Waals surface area contributed by atoms with E-state index < -0.39 is 17.3 Å². The Bertz CT molecular complexity index is 814. The molecule has 0 atom stereocenters. The number of thiophene rings is 1. The van der Waals surface area contributed by atoms with Gasteiger partial charge >= 0.3 is 0 Å². The van der Waals surface area contributed by atoms with Gasteiger partial charge in [0.05, 0.1) is 10.9 Å². The van der Waals surface area contributed by atoms with E-state index in [4.69, 9.17) is 16.3 Å². The first-order valence-electron chi connectivity index (χ1n) is 8.90. The van der Waals surface area contributed by atoms with Crippen molar-refractivity contribution in [3.63, 3.8) is 0 Å². The number of piperidine rings is 1. The molecular weight excluding hydrogens is 391 g/mol. The third kappa shape index (κ3) is 4.34. The van der Waals surface area contributed by atoms with E-state index in [0.717, 1.165) is 35.5 Å². The lowest BCUT2D eigenvalue weighted by atomic mass is 9.94. The van der Waals surface area contributed by atoms with Crippen molar-refractivity contribution in [3.05, 3.63) is 32.9 Å². The zero-order chi connectivity index (χ0) is 19.6. The quantitative estimate of drug-likeness (QED) is 0.750. The predicted molar refractivity (Wildman–Crippen MR) is 105 cm³/mol. The molecule has 1 saturated heterocycles. The van der Waals surface area contributed by atoms with Crippen molar-refractivity contribution in [1.29, 1.82) is 0 Å². The van der Waals surface area contributed by atoms with Crippen LogP contribution in [0.15, 0.2) is 12.1 Å². The summed E-state index contributed by atoms with van der Waals surface area (Å²) in [6, 6.07) is 3.66. The van der Waals surface area contributed by atoms with Crippen molar-refractivity contribution >= 4 is 34.7 Å². The van der Waals surface area contributed by atoms with Gasteiger partial charge in [-0.2, -0.15) is 9.78 Å². The zero-order valence-corrected chi connectivity index (χ0v) is 17.2. The second-order valence-corrected chi connectivity index (χ2v) is 8.86. The van der Waals surface area contributed by atoms with Crippen LogP contribution in [-0.2, 0) is 11.3 Å². The molecule has 1 aliphatic rings. The lowest BCUT2D eigenvalue weighted by molar-refractivity contribution is 0.0132. The molecule has 3 heterocycles. The van der Waals surface area contributed by atoms with Gasteiger partial charge in [-0.25, -0.2) is 4.39 Å². The molecule has 2 aromatic heterocycles. The molecule has 0 spiro atoms. The molecule has 0 aromatic carbocycles. The second kappa shape index (κ2) is 8.26. The van der Waals surface area contributed by atoms with Crippen molar-refractivity contribution in [2.45, 2.75) is 44.8 Å². The molecule has 2 aromatic rings. The van der Waals surface area contributed by atoms with Gasteiger partial charge in [0.15, 0.2) is 11.6 Å². The van der Waals surface area contributed by atoms with Crippen LogP contribution in [0.5, 0.6) is 0 Å². The van der Waals surface area contributed by atoms with E-state index in [1.807, 2.05) is 6.07 Å². The third-order valence-corrected chi connectivity index (χ3v) is 6.09. The van der Waals surface area contributed by atoms with E-state index in [2.05, 4.69) is 15.7 Å². The minimum absolute atomic E-state index is 0.0114. The zero-order valence-electron chi connectivity index (χ0n) is 15.6. The SMILES string of the molecule is COC(C)(C)C(=O)n1nc(C2CCNCC2)c(F)c1NCc1ccc(Cl)s1. The Balaban J connectivity index is 1.94. The van der Waals surface area contributed by atoms with E-state index in [-0.39, 0.29) is 11.7 Å². The topological polar surface area (TPSA) is 68.2 Å². The normalized spacial score (nSPS) is 15.9. The smallest absolute Gasteiger partial charge is 0.280 e. The van der Waals surface area contributed by atoms with Crippen LogP contribution < -0.4 is 10.6 Å². The number of hydrogen-bond acceptors (Lipinski definition) is 6. The molecule has 0 aliphatic carbocycles. The summed E-state index contributed by atoms with van der Waals surface area (Å²) in [4.78, 5) is 13.9. The number of carbonyl (C=O) groups is 1. The van der Waals surface area contributed by atoms with Gasteiger partial charge in [-0.3, -0.25) is 4.79 Å². The molecule has 9 heteroatoms. The van der Waals surface area contributed by atoms with E-state index in [1.165, 1.54) is 18.4 Å². The molecule has 0 unspecified atom stereocenters. The van der Waals surface area contributed by atoms with E-state index in [1.54, 1.807) is 19.9 Å². The van der Waals surface area contributed by atoms with Crippen LogP contribution >= 0.6 is 22.9 Å². The summed E-state index contributed by atoms with van der Waals surface area (Å²) in [6.45, 7) is 5.26. The first-order chi connectivity index (χ1) is 12.8. The number of anilines is 1. The number of rotatable bonds is 6. The van der Waals surface area contributed by atoms with Crippen LogP contribution in [0, 0.1) is 5.82 Å². The number of nitrogens with zero attached hydrogens (tertiary/aromatic N) is 2. The molecule has 0 bridgehead atoms. The summed E-state index contributed by atoms with van der Waals surface area (Å²) in [5, 5.41) is 10.7. The van der Waals surface area contributed by atoms with Crippen LogP contribution in [0.2, 0.25) is 4.34 Å². The van der Waals surface area contributed by atoms with E-state index in [9.17, 15) is 4.79 Å². The van der Waals surface area contributed by atoms with Gasteiger partial charge in [-0.05, 0) is 51.9 Å². The summed E-state index contributed by atoms with van der Waals surface area (Å²) in [5.41, 5.74) is -0.782. The number of methoxy groups -OCH3 is 1. The number of hydrogen-bond donors (Lipinski definition) is 2. The van der Waals surface area contributed by atoms with E-state index in [0.29, 0.717) is 16.6 Å². The average molecular weight is 415 g/mol. The van der Waals surface area contributed by atoms with Gasteiger partial charge in [0, 0.05) is 17.9 Å². The fraction of sp³-hybridized carbons (Fsp3) is 0.556. The van der Waals surface area contributed by atoms with Crippen molar-refractivity contribution in [3.8, 4) is 0 Å². The maximum absolute atomic E-state index is 15.3. The Kier molecular flexibility index (Phi) is 6.20. The van der Waals surface area contributed by atoms with Gasteiger partial charge in [-0.1, -0.05) is 11.6 Å². The Labute approximate surface area is 167 Å². The van der Waals surface area contributed by atoms with Crippen LogP contribution in [0.4, 0.5) is 10.2 Å². The lowest BCUT2D eigenvalue weighted by Gasteiger charge is -2.22. The van der Waals surface area contributed by atoms with Gasteiger partial charge in [-0.15, -0.1) is 11.3 Å². The molecule has 148 valence electrons. The molecular formula is C18H24ClFN4O2S. The van der Waals surface area contributed by atoms with Gasteiger partial charge in [0.25, 0.3) is 5.91 Å². The predicted octanol–water partition coefficient (Wildman–Crippen LogP) is 3.88. The molecule has 1 fully saturated rings. The standard InChI is InChI=1S/C18H24ClFN4O2S/c1-18(2,26-3)17(25)24-16(22-10-12-4-5-13(19)27-12)14(20)15(23-24)11-6-8-21-9-7-11/h4-5,11,21-22H,6-10H2,1-3H3. The highest BCUT2D eigenvalue weighted by Gasteiger charge is 2.35. The van der Waals surface area contributed by atoms with Crippen molar-refractivity contribution in [2.24, 2.45) is 0 Å². The molecule has 0 saturated carbocycles. The van der Waals surface area contributed by atoms with Crippen LogP contribution in [0.1, 0.15) is 48.0 Å². The monoisotopic (exact) mass is 414 g/mol. The van der Waals surface area contributed by atoms with Crippen molar-refractivity contribution in [1.82, 2.24) is 15.1 Å². The number of carbonyl (C=O) groups excluding carboxylic acids is 1. The van der Waals surface area contributed by atoms with Crippen LogP contribution in [0.25, 0.3) is 0 Å². The number of nitrogens with one attached hydrogen (secondary N) is 2. The van der Waals surface area contributed by atoms with Crippen LogP contribution in [0.3, 0.4) is 0 Å². The highest BCUT2D eigenvalue weighted by atomic mass is 35.5.